The van der Waals surface area contributed by atoms with Gasteiger partial charge in [-0.2, -0.15) is 0 Å². The van der Waals surface area contributed by atoms with Gasteiger partial charge in [-0.3, -0.25) is 4.90 Å². The van der Waals surface area contributed by atoms with Crippen molar-refractivity contribution in [3.63, 3.8) is 0 Å². The van der Waals surface area contributed by atoms with E-state index in [9.17, 15) is 9.59 Å². The number of benzene rings is 1. The molecular weight excluding hydrogens is 260 g/mol. The zero-order valence-corrected chi connectivity index (χ0v) is 12.1. The summed E-state index contributed by atoms with van der Waals surface area (Å²) >= 11 is 0. The van der Waals surface area contributed by atoms with Crippen LogP contribution in [0.15, 0.2) is 30.3 Å². The van der Waals surface area contributed by atoms with Gasteiger partial charge in [0.2, 0.25) is 0 Å². The van der Waals surface area contributed by atoms with Crippen LogP contribution >= 0.6 is 0 Å². The number of carbonyl (C=O) groups excluding carboxylic acids is 2. The molecule has 0 spiro atoms. The standard InChI is InChI=1S/C14H20N2O4/c1-14(2,3)20-13(18)16(11(15)12(17)19-4)10-8-6-5-7-9-10/h5-9,11H,15H2,1-4H3/t11-/m0/s1. The maximum atomic E-state index is 12.2. The van der Waals surface area contributed by atoms with Gasteiger partial charge in [-0.15, -0.1) is 0 Å². The van der Waals surface area contributed by atoms with Crippen LogP contribution in [-0.4, -0.2) is 30.9 Å². The van der Waals surface area contributed by atoms with Crippen LogP contribution in [-0.2, 0) is 14.3 Å². The van der Waals surface area contributed by atoms with E-state index in [4.69, 9.17) is 10.5 Å². The highest BCUT2D eigenvalue weighted by Gasteiger charge is 2.32. The fraction of sp³-hybridized carbons (Fsp3) is 0.429. The molecule has 1 aromatic rings. The Kier molecular flexibility index (Phi) is 5.10. The zero-order chi connectivity index (χ0) is 15.3. The lowest BCUT2D eigenvalue weighted by Gasteiger charge is -2.30. The number of hydrogen-bond donors (Lipinski definition) is 1. The monoisotopic (exact) mass is 280 g/mol. The minimum atomic E-state index is -1.27. The first-order chi connectivity index (χ1) is 9.26. The maximum Gasteiger partial charge on any atom is 0.416 e. The molecule has 1 aromatic carbocycles. The first kappa shape index (κ1) is 16.0. The second kappa shape index (κ2) is 6.38. The van der Waals surface area contributed by atoms with Crippen molar-refractivity contribution in [2.45, 2.75) is 32.5 Å². The average molecular weight is 280 g/mol. The van der Waals surface area contributed by atoms with E-state index in [0.29, 0.717) is 5.69 Å². The molecule has 0 fully saturated rings. The van der Waals surface area contributed by atoms with Gasteiger partial charge in [0.05, 0.1) is 7.11 Å². The highest BCUT2D eigenvalue weighted by atomic mass is 16.6. The molecule has 1 atom stereocenters. The molecule has 0 aromatic heterocycles. The quantitative estimate of drug-likeness (QED) is 0.675. The Morgan fingerprint density at radius 2 is 1.75 bits per heavy atom. The van der Waals surface area contributed by atoms with Crippen molar-refractivity contribution in [1.29, 1.82) is 0 Å². The summed E-state index contributed by atoms with van der Waals surface area (Å²) in [5, 5.41) is 0. The maximum absolute atomic E-state index is 12.2. The minimum Gasteiger partial charge on any atom is -0.466 e. The summed E-state index contributed by atoms with van der Waals surface area (Å²) in [6, 6.07) is 8.58. The van der Waals surface area contributed by atoms with E-state index in [1.807, 2.05) is 0 Å². The van der Waals surface area contributed by atoms with Crippen LogP contribution in [0.5, 0.6) is 0 Å². The lowest BCUT2D eigenvalue weighted by molar-refractivity contribution is -0.142. The lowest BCUT2D eigenvalue weighted by atomic mass is 10.2. The van der Waals surface area contributed by atoms with Crippen LogP contribution in [0.3, 0.4) is 0 Å². The number of amides is 1. The molecule has 0 radical (unpaired) electrons. The van der Waals surface area contributed by atoms with Crippen LogP contribution in [0.2, 0.25) is 0 Å². The second-order valence-corrected chi connectivity index (χ2v) is 5.15. The molecule has 0 aliphatic rings. The fourth-order valence-corrected chi connectivity index (χ4v) is 1.51. The van der Waals surface area contributed by atoms with Crippen LogP contribution < -0.4 is 10.6 Å². The van der Waals surface area contributed by atoms with Gasteiger partial charge in [-0.25, -0.2) is 9.59 Å². The highest BCUT2D eigenvalue weighted by molar-refractivity contribution is 5.95. The van der Waals surface area contributed by atoms with Crippen molar-refractivity contribution >= 4 is 17.7 Å². The van der Waals surface area contributed by atoms with Crippen molar-refractivity contribution in [1.82, 2.24) is 0 Å². The van der Waals surface area contributed by atoms with Gasteiger partial charge in [0, 0.05) is 5.69 Å². The average Bonchev–Trinajstić information content (AvgIpc) is 2.37. The van der Waals surface area contributed by atoms with Gasteiger partial charge >= 0.3 is 12.1 Å². The summed E-state index contributed by atoms with van der Waals surface area (Å²) < 4.78 is 9.85. The Bertz CT molecular complexity index is 468. The third kappa shape index (κ3) is 4.24. The molecule has 1 amide bonds. The van der Waals surface area contributed by atoms with Gasteiger partial charge in [0.1, 0.15) is 5.60 Å². The van der Waals surface area contributed by atoms with E-state index in [0.717, 1.165) is 4.90 Å². The van der Waals surface area contributed by atoms with E-state index in [1.165, 1.54) is 7.11 Å². The predicted molar refractivity (Wildman–Crippen MR) is 75.1 cm³/mol. The molecule has 1 rings (SSSR count). The van der Waals surface area contributed by atoms with Crippen LogP contribution in [0, 0.1) is 0 Å². The Balaban J connectivity index is 3.08. The van der Waals surface area contributed by atoms with Crippen molar-refractivity contribution in [3.8, 4) is 0 Å². The fourth-order valence-electron chi connectivity index (χ4n) is 1.51. The number of ether oxygens (including phenoxy) is 2. The molecule has 0 saturated heterocycles. The van der Waals surface area contributed by atoms with E-state index in [2.05, 4.69) is 4.74 Å². The van der Waals surface area contributed by atoms with Crippen molar-refractivity contribution in [3.05, 3.63) is 30.3 Å². The molecule has 2 N–H and O–H groups in total. The Morgan fingerprint density at radius 1 is 1.20 bits per heavy atom. The molecule has 0 heterocycles. The summed E-state index contributed by atoms with van der Waals surface area (Å²) in [4.78, 5) is 24.9. The number of esters is 1. The topological polar surface area (TPSA) is 81.9 Å². The smallest absolute Gasteiger partial charge is 0.416 e. The number of nitrogens with zero attached hydrogens (tertiary/aromatic N) is 1. The number of carbonyl (C=O) groups is 2. The van der Waals surface area contributed by atoms with Crippen molar-refractivity contribution < 1.29 is 19.1 Å². The summed E-state index contributed by atoms with van der Waals surface area (Å²) in [6.07, 6.45) is -1.97. The zero-order valence-electron chi connectivity index (χ0n) is 12.1. The number of anilines is 1. The van der Waals surface area contributed by atoms with Crippen LogP contribution in [0.25, 0.3) is 0 Å². The Labute approximate surface area is 118 Å². The van der Waals surface area contributed by atoms with E-state index in [-0.39, 0.29) is 0 Å². The van der Waals surface area contributed by atoms with Gasteiger partial charge < -0.3 is 15.2 Å². The molecule has 20 heavy (non-hydrogen) atoms. The van der Waals surface area contributed by atoms with Gasteiger partial charge in [-0.1, -0.05) is 18.2 Å². The molecule has 110 valence electrons. The van der Waals surface area contributed by atoms with E-state index >= 15 is 0 Å². The highest BCUT2D eigenvalue weighted by Crippen LogP contribution is 2.19. The molecule has 0 bridgehead atoms. The van der Waals surface area contributed by atoms with E-state index in [1.54, 1.807) is 51.1 Å². The van der Waals surface area contributed by atoms with Crippen LogP contribution in [0.1, 0.15) is 20.8 Å². The second-order valence-electron chi connectivity index (χ2n) is 5.15. The Hall–Kier alpha value is -2.08. The Morgan fingerprint density at radius 3 is 2.20 bits per heavy atom. The number of hydrogen-bond acceptors (Lipinski definition) is 5. The number of methoxy groups -OCH3 is 1. The first-order valence-corrected chi connectivity index (χ1v) is 6.17. The molecule has 0 aliphatic carbocycles. The minimum absolute atomic E-state index is 0.458. The molecule has 0 saturated carbocycles. The van der Waals surface area contributed by atoms with Gasteiger partial charge in [0.15, 0.2) is 6.17 Å². The third-order valence-electron chi connectivity index (χ3n) is 2.35. The SMILES string of the molecule is COC(=O)[C@@H](N)N(C(=O)OC(C)(C)C)c1ccccc1. The third-order valence-corrected chi connectivity index (χ3v) is 2.35. The van der Waals surface area contributed by atoms with Gasteiger partial charge in [0.25, 0.3) is 0 Å². The molecular formula is C14H20N2O4. The molecule has 0 unspecified atom stereocenters. The van der Waals surface area contributed by atoms with E-state index < -0.39 is 23.8 Å². The normalized spacial score (nSPS) is 12.4. The molecule has 0 aliphatic heterocycles. The van der Waals surface area contributed by atoms with Crippen molar-refractivity contribution in [2.24, 2.45) is 5.73 Å². The van der Waals surface area contributed by atoms with Gasteiger partial charge in [-0.05, 0) is 32.9 Å². The van der Waals surface area contributed by atoms with Crippen molar-refractivity contribution in [2.75, 3.05) is 12.0 Å². The lowest BCUT2D eigenvalue weighted by Crippen LogP contribution is -2.53. The van der Waals surface area contributed by atoms with Crippen LogP contribution in [0.4, 0.5) is 10.5 Å². The molecule has 6 heteroatoms. The number of nitrogens with two attached hydrogens (primary N) is 1. The summed E-state index contributed by atoms with van der Waals surface area (Å²) in [6.45, 7) is 5.20. The summed E-state index contributed by atoms with van der Waals surface area (Å²) in [5.41, 5.74) is 5.54. The predicted octanol–water partition coefficient (Wildman–Crippen LogP) is 1.89. The largest absolute Gasteiger partial charge is 0.466 e. The number of para-hydroxylation sites is 1. The number of rotatable bonds is 3. The summed E-state index contributed by atoms with van der Waals surface area (Å²) in [5.74, 6) is -0.722. The summed E-state index contributed by atoms with van der Waals surface area (Å²) in [7, 11) is 1.21. The first-order valence-electron chi connectivity index (χ1n) is 6.17. The molecule has 6 nitrogen and oxygen atoms in total.